The average molecular weight is 292 g/mol. The van der Waals surface area contributed by atoms with Gasteiger partial charge < -0.3 is 26.9 Å². The number of nitrogens with two attached hydrogens (primary N) is 2. The summed E-state index contributed by atoms with van der Waals surface area (Å²) in [7, 11) is 0. The molecule has 0 aromatic carbocycles. The Bertz CT molecular complexity index is 648. The van der Waals surface area contributed by atoms with Crippen LogP contribution in [0.15, 0.2) is 17.5 Å². The fourth-order valence-electron chi connectivity index (χ4n) is 1.72. The molecule has 2 aromatic rings. The van der Waals surface area contributed by atoms with Crippen molar-refractivity contribution in [2.45, 2.75) is 18.9 Å². The number of H-pyrrole nitrogens is 1. The van der Waals surface area contributed by atoms with Crippen LogP contribution in [-0.4, -0.2) is 49.6 Å². The third-order valence-corrected chi connectivity index (χ3v) is 2.72. The van der Waals surface area contributed by atoms with E-state index < -0.39 is 12.0 Å². The molecule has 0 amide bonds. The number of aliphatic carboxylic acids is 1. The Labute approximate surface area is 119 Å². The van der Waals surface area contributed by atoms with Crippen molar-refractivity contribution in [1.82, 2.24) is 19.9 Å². The van der Waals surface area contributed by atoms with Crippen molar-refractivity contribution in [2.75, 3.05) is 11.9 Å². The van der Waals surface area contributed by atoms with Crippen LogP contribution in [0.25, 0.3) is 11.2 Å². The molecule has 0 aliphatic carbocycles. The third-order valence-electron chi connectivity index (χ3n) is 2.72. The first kappa shape index (κ1) is 14.5. The number of carboxylic acid groups (broad SMARTS) is 1. The van der Waals surface area contributed by atoms with Crippen LogP contribution in [0.5, 0.6) is 0 Å². The molecule has 112 valence electrons. The molecule has 0 bridgehead atoms. The Morgan fingerprint density at radius 1 is 1.48 bits per heavy atom. The van der Waals surface area contributed by atoms with E-state index in [1.807, 2.05) is 0 Å². The van der Waals surface area contributed by atoms with Crippen LogP contribution in [0, 0.1) is 0 Å². The maximum atomic E-state index is 11.2. The predicted octanol–water partition coefficient (Wildman–Crippen LogP) is -0.728. The molecule has 7 N–H and O–H groups in total. The summed E-state index contributed by atoms with van der Waals surface area (Å²) in [6.45, 7) is 0.368. The largest absolute Gasteiger partial charge is 0.480 e. The van der Waals surface area contributed by atoms with E-state index in [1.54, 1.807) is 0 Å². The maximum Gasteiger partial charge on any atom is 0.326 e. The van der Waals surface area contributed by atoms with Crippen molar-refractivity contribution >= 4 is 29.0 Å². The summed E-state index contributed by atoms with van der Waals surface area (Å²) in [5.41, 5.74) is 11.6. The summed E-state index contributed by atoms with van der Waals surface area (Å²) in [5, 5.41) is 12.0. The number of hydrogen-bond donors (Lipinski definition) is 5. The molecule has 0 unspecified atom stereocenters. The molecule has 2 heterocycles. The van der Waals surface area contributed by atoms with Crippen LogP contribution in [0.4, 0.5) is 5.95 Å². The molecular weight excluding hydrogens is 276 g/mol. The van der Waals surface area contributed by atoms with Gasteiger partial charge in [-0.05, 0) is 12.8 Å². The first-order chi connectivity index (χ1) is 10.1. The molecule has 0 aliphatic rings. The molecule has 2 aromatic heterocycles. The number of nitrogens with zero attached hydrogens (tertiary/aromatic N) is 4. The van der Waals surface area contributed by atoms with Crippen molar-refractivity contribution in [2.24, 2.45) is 16.5 Å². The second kappa shape index (κ2) is 6.50. The lowest BCUT2D eigenvalue weighted by atomic mass is 10.1. The van der Waals surface area contributed by atoms with Crippen LogP contribution < -0.4 is 16.8 Å². The minimum atomic E-state index is -0.995. The van der Waals surface area contributed by atoms with Crippen molar-refractivity contribution in [3.63, 3.8) is 0 Å². The summed E-state index contributed by atoms with van der Waals surface area (Å²) in [5.74, 6) is -0.795. The molecule has 10 nitrogen and oxygen atoms in total. The number of rotatable bonds is 7. The maximum absolute atomic E-state index is 11.2. The quantitative estimate of drug-likeness (QED) is 0.253. The van der Waals surface area contributed by atoms with Crippen LogP contribution in [0.1, 0.15) is 12.8 Å². The molecule has 0 saturated heterocycles. The number of fused-ring (bicyclic) bond motifs is 1. The number of aliphatic imine (C=N–C) groups is 1. The second-order valence-electron chi connectivity index (χ2n) is 4.32. The van der Waals surface area contributed by atoms with Gasteiger partial charge in [0.25, 0.3) is 0 Å². The fourth-order valence-corrected chi connectivity index (χ4v) is 1.72. The molecule has 0 spiro atoms. The zero-order chi connectivity index (χ0) is 15.2. The van der Waals surface area contributed by atoms with E-state index >= 15 is 0 Å². The number of aromatic nitrogens is 4. The van der Waals surface area contributed by atoms with Gasteiger partial charge in [-0.15, -0.1) is 0 Å². The van der Waals surface area contributed by atoms with Crippen molar-refractivity contribution in [1.29, 1.82) is 0 Å². The Morgan fingerprint density at radius 3 is 3.00 bits per heavy atom. The first-order valence-corrected chi connectivity index (χ1v) is 6.27. The highest BCUT2D eigenvalue weighted by Gasteiger charge is 2.18. The van der Waals surface area contributed by atoms with Crippen molar-refractivity contribution < 1.29 is 9.90 Å². The fraction of sp³-hybridized carbons (Fsp3) is 0.364. The van der Waals surface area contributed by atoms with E-state index in [2.05, 4.69) is 30.2 Å². The molecule has 0 saturated carbocycles. The van der Waals surface area contributed by atoms with Gasteiger partial charge in [0.1, 0.15) is 11.6 Å². The van der Waals surface area contributed by atoms with Gasteiger partial charge in [-0.3, -0.25) is 4.99 Å². The number of aromatic amines is 1. The zero-order valence-electron chi connectivity index (χ0n) is 11.2. The molecule has 10 heteroatoms. The minimum absolute atomic E-state index is 0.0119. The van der Waals surface area contributed by atoms with Gasteiger partial charge in [-0.2, -0.15) is 4.98 Å². The van der Waals surface area contributed by atoms with Crippen molar-refractivity contribution in [3.05, 3.63) is 12.5 Å². The normalized spacial score (nSPS) is 12.0. The Kier molecular flexibility index (Phi) is 4.49. The monoisotopic (exact) mass is 292 g/mol. The number of nitrogens with one attached hydrogen (secondary N) is 2. The van der Waals surface area contributed by atoms with Crippen LogP contribution in [0.3, 0.4) is 0 Å². The second-order valence-corrected chi connectivity index (χ2v) is 4.32. The lowest BCUT2D eigenvalue weighted by Crippen LogP contribution is -2.30. The topological polar surface area (TPSA) is 168 Å². The number of guanidine groups is 1. The highest BCUT2D eigenvalue weighted by atomic mass is 16.4. The number of carboxylic acids is 1. The van der Waals surface area contributed by atoms with E-state index in [0.29, 0.717) is 30.6 Å². The smallest absolute Gasteiger partial charge is 0.326 e. The third kappa shape index (κ3) is 4.03. The Balaban J connectivity index is 1.98. The molecule has 0 fully saturated rings. The van der Waals surface area contributed by atoms with Crippen molar-refractivity contribution in [3.8, 4) is 0 Å². The molecule has 0 radical (unpaired) electrons. The molecule has 1 atom stereocenters. The summed E-state index contributed by atoms with van der Waals surface area (Å²) < 4.78 is 0. The Morgan fingerprint density at radius 2 is 2.29 bits per heavy atom. The van der Waals surface area contributed by atoms with Gasteiger partial charge in [-0.1, -0.05) is 0 Å². The van der Waals surface area contributed by atoms with Gasteiger partial charge in [0.05, 0.1) is 12.5 Å². The molecular formula is C11H16N8O2. The van der Waals surface area contributed by atoms with E-state index in [9.17, 15) is 9.90 Å². The highest BCUT2D eigenvalue weighted by Crippen LogP contribution is 2.10. The van der Waals surface area contributed by atoms with E-state index in [0.717, 1.165) is 0 Å². The van der Waals surface area contributed by atoms with Crippen LogP contribution >= 0.6 is 0 Å². The van der Waals surface area contributed by atoms with Crippen LogP contribution in [0.2, 0.25) is 0 Å². The number of carbonyl (C=O) groups is 1. The van der Waals surface area contributed by atoms with E-state index in [-0.39, 0.29) is 11.9 Å². The molecule has 2 rings (SSSR count). The Hall–Kier alpha value is -2.91. The predicted molar refractivity (Wildman–Crippen MR) is 76.6 cm³/mol. The van der Waals surface area contributed by atoms with Gasteiger partial charge in [0, 0.05) is 6.54 Å². The highest BCUT2D eigenvalue weighted by molar-refractivity contribution is 5.77. The summed E-state index contributed by atoms with van der Waals surface area (Å²) in [6, 6.07) is -0.824. The summed E-state index contributed by atoms with van der Waals surface area (Å²) in [6.07, 6.45) is 3.89. The first-order valence-electron chi connectivity index (χ1n) is 6.27. The minimum Gasteiger partial charge on any atom is -0.480 e. The van der Waals surface area contributed by atoms with Gasteiger partial charge >= 0.3 is 5.97 Å². The molecule has 0 aliphatic heterocycles. The zero-order valence-corrected chi connectivity index (χ0v) is 11.2. The van der Waals surface area contributed by atoms with E-state index in [4.69, 9.17) is 11.5 Å². The lowest BCUT2D eigenvalue weighted by Gasteiger charge is -2.13. The lowest BCUT2D eigenvalue weighted by molar-refractivity contribution is -0.138. The number of imidazole rings is 1. The SMILES string of the molecule is NC(N)=NCCC[C@H](Nc1ncc2[nH]cnc2n1)C(=O)O. The van der Waals surface area contributed by atoms with Crippen LogP contribution in [-0.2, 0) is 4.79 Å². The van der Waals surface area contributed by atoms with E-state index in [1.165, 1.54) is 12.5 Å². The standard InChI is InChI=1S/C11H16N8O2/c12-10(13)14-3-1-2-6(9(20)21)18-11-15-4-7-8(19-11)17-5-16-7/h4-6H,1-3H2,(H,20,21)(H4,12,13,14)(H2,15,16,17,18,19)/t6-/m0/s1. The number of anilines is 1. The van der Waals surface area contributed by atoms with Gasteiger partial charge in [0.15, 0.2) is 11.6 Å². The van der Waals surface area contributed by atoms with Gasteiger partial charge in [0.2, 0.25) is 5.95 Å². The number of hydrogen-bond acceptors (Lipinski definition) is 6. The summed E-state index contributed by atoms with van der Waals surface area (Å²) >= 11 is 0. The summed E-state index contributed by atoms with van der Waals surface area (Å²) in [4.78, 5) is 30.0. The average Bonchev–Trinajstić information content (AvgIpc) is 2.89. The molecule has 21 heavy (non-hydrogen) atoms. The van der Waals surface area contributed by atoms with Gasteiger partial charge in [-0.25, -0.2) is 14.8 Å².